The number of nitrogens with zero attached hydrogens (tertiary/aromatic N) is 2. The van der Waals surface area contributed by atoms with Gasteiger partial charge >= 0.3 is 5.76 Å². The van der Waals surface area contributed by atoms with Crippen molar-refractivity contribution in [1.82, 2.24) is 4.90 Å². The molecule has 0 aliphatic carbocycles. The molecule has 0 bridgehead atoms. The van der Waals surface area contributed by atoms with Gasteiger partial charge < -0.3 is 9.80 Å². The van der Waals surface area contributed by atoms with Crippen LogP contribution in [0.15, 0.2) is 53.7 Å². The van der Waals surface area contributed by atoms with E-state index < -0.39 is 20.5 Å². The molecule has 0 radical (unpaired) electrons. The van der Waals surface area contributed by atoms with Gasteiger partial charge in [-0.2, -0.15) is 8.78 Å². The van der Waals surface area contributed by atoms with Crippen molar-refractivity contribution in [1.29, 1.82) is 0 Å². The van der Waals surface area contributed by atoms with Gasteiger partial charge in [-0.1, -0.05) is 0 Å². The summed E-state index contributed by atoms with van der Waals surface area (Å²) in [4.78, 5) is 18.8. The van der Waals surface area contributed by atoms with Crippen LogP contribution in [0, 0.1) is 0 Å². The standard InChI is InChI=1S/C17H17F2N3O3S/c18-17(19)26(24,25)15-3-1-13(2-4-15)16(23)22-11-9-21(10-12-22)14-5-7-20-8-6-14/h1-8,17H,9-12H2/p+1. The van der Waals surface area contributed by atoms with Crippen molar-refractivity contribution in [3.05, 3.63) is 54.4 Å². The summed E-state index contributed by atoms with van der Waals surface area (Å²) in [5.41, 5.74) is 1.35. The molecule has 1 aliphatic heterocycles. The van der Waals surface area contributed by atoms with Crippen molar-refractivity contribution in [3.63, 3.8) is 0 Å². The van der Waals surface area contributed by atoms with E-state index in [1.54, 1.807) is 4.90 Å². The summed E-state index contributed by atoms with van der Waals surface area (Å²) in [5, 5.41) is 0. The van der Waals surface area contributed by atoms with Crippen LogP contribution >= 0.6 is 0 Å². The fourth-order valence-corrected chi connectivity index (χ4v) is 3.55. The van der Waals surface area contributed by atoms with Crippen molar-refractivity contribution in [2.24, 2.45) is 0 Å². The molecule has 1 amide bonds. The van der Waals surface area contributed by atoms with Gasteiger partial charge in [0.25, 0.3) is 5.91 Å². The number of nitrogens with one attached hydrogen (secondary N) is 1. The van der Waals surface area contributed by atoms with Crippen LogP contribution in [-0.2, 0) is 9.84 Å². The Morgan fingerprint density at radius 2 is 1.54 bits per heavy atom. The Morgan fingerprint density at radius 1 is 0.962 bits per heavy atom. The zero-order chi connectivity index (χ0) is 18.7. The molecule has 2 aromatic rings. The highest BCUT2D eigenvalue weighted by Crippen LogP contribution is 2.20. The van der Waals surface area contributed by atoms with Crippen LogP contribution in [0.25, 0.3) is 0 Å². The fraction of sp³-hybridized carbons (Fsp3) is 0.294. The first-order valence-electron chi connectivity index (χ1n) is 8.02. The van der Waals surface area contributed by atoms with Crippen LogP contribution in [-0.4, -0.2) is 51.2 Å². The maximum absolute atomic E-state index is 12.6. The van der Waals surface area contributed by atoms with Crippen molar-refractivity contribution < 1.29 is 27.0 Å². The molecule has 6 nitrogen and oxygen atoms in total. The lowest BCUT2D eigenvalue weighted by molar-refractivity contribution is -0.377. The minimum atomic E-state index is -4.65. The van der Waals surface area contributed by atoms with E-state index in [0.717, 1.165) is 17.8 Å². The molecule has 0 spiro atoms. The summed E-state index contributed by atoms with van der Waals surface area (Å²) in [6.07, 6.45) is 3.67. The average Bonchev–Trinajstić information content (AvgIpc) is 2.68. The molecule has 9 heteroatoms. The van der Waals surface area contributed by atoms with Crippen molar-refractivity contribution >= 4 is 21.4 Å². The third kappa shape index (κ3) is 3.67. The van der Waals surface area contributed by atoms with E-state index in [1.807, 2.05) is 24.5 Å². The molecule has 1 fully saturated rings. The molecule has 2 heterocycles. The van der Waals surface area contributed by atoms with E-state index >= 15 is 0 Å². The number of carbonyl (C=O) groups is 1. The number of anilines is 1. The van der Waals surface area contributed by atoms with Gasteiger partial charge in [0.1, 0.15) is 0 Å². The predicted octanol–water partition coefficient (Wildman–Crippen LogP) is 1.46. The van der Waals surface area contributed by atoms with Crippen LogP contribution < -0.4 is 9.88 Å². The van der Waals surface area contributed by atoms with Crippen LogP contribution in [0.2, 0.25) is 0 Å². The smallest absolute Gasteiger partial charge is 0.341 e. The van der Waals surface area contributed by atoms with E-state index in [2.05, 4.69) is 9.88 Å². The van der Waals surface area contributed by atoms with E-state index in [4.69, 9.17) is 0 Å². The van der Waals surface area contributed by atoms with Crippen molar-refractivity contribution in [3.8, 4) is 0 Å². The normalized spacial score (nSPS) is 15.3. The number of piperazine rings is 1. The fourth-order valence-electron chi connectivity index (χ4n) is 2.83. The molecule has 1 aliphatic rings. The van der Waals surface area contributed by atoms with Crippen LogP contribution in [0.5, 0.6) is 0 Å². The van der Waals surface area contributed by atoms with Gasteiger partial charge in [-0.05, 0) is 24.3 Å². The number of H-pyrrole nitrogens is 1. The second-order valence-corrected chi connectivity index (χ2v) is 7.79. The Bertz CT molecular complexity index is 866. The maximum Gasteiger partial charge on any atom is 0.341 e. The summed E-state index contributed by atoms with van der Waals surface area (Å²) in [7, 11) is -4.65. The Morgan fingerprint density at radius 3 is 2.08 bits per heavy atom. The van der Waals surface area contributed by atoms with Gasteiger partial charge in [0, 0.05) is 49.6 Å². The molecular formula is C17H18F2N3O3S+. The highest BCUT2D eigenvalue weighted by atomic mass is 32.2. The lowest BCUT2D eigenvalue weighted by atomic mass is 10.2. The van der Waals surface area contributed by atoms with Crippen LogP contribution in [0.1, 0.15) is 10.4 Å². The summed E-state index contributed by atoms with van der Waals surface area (Å²) < 4.78 is 48.0. The molecule has 26 heavy (non-hydrogen) atoms. The molecule has 1 N–H and O–H groups in total. The van der Waals surface area contributed by atoms with Crippen LogP contribution in [0.3, 0.4) is 0 Å². The highest BCUT2D eigenvalue weighted by molar-refractivity contribution is 7.91. The van der Waals surface area contributed by atoms with Gasteiger partial charge in [-0.25, -0.2) is 13.4 Å². The number of rotatable bonds is 4. The summed E-state index contributed by atoms with van der Waals surface area (Å²) in [6.45, 7) is 2.39. The maximum atomic E-state index is 12.6. The minimum Gasteiger partial charge on any atom is -0.368 e. The van der Waals surface area contributed by atoms with E-state index in [9.17, 15) is 22.0 Å². The zero-order valence-corrected chi connectivity index (χ0v) is 14.6. The number of aromatic nitrogens is 1. The lowest BCUT2D eigenvalue weighted by Gasteiger charge is -2.35. The monoisotopic (exact) mass is 382 g/mol. The summed E-state index contributed by atoms with van der Waals surface area (Å²) >= 11 is 0. The van der Waals surface area contributed by atoms with E-state index in [-0.39, 0.29) is 11.5 Å². The number of pyridine rings is 1. The number of hydrogen-bond donors (Lipinski definition) is 0. The number of amides is 1. The number of benzene rings is 1. The van der Waals surface area contributed by atoms with Gasteiger partial charge in [0.2, 0.25) is 9.84 Å². The molecule has 1 saturated heterocycles. The van der Waals surface area contributed by atoms with Crippen LogP contribution in [0.4, 0.5) is 14.5 Å². The summed E-state index contributed by atoms with van der Waals surface area (Å²) in [6, 6.07) is 8.56. The number of alkyl halides is 2. The zero-order valence-electron chi connectivity index (χ0n) is 13.8. The van der Waals surface area contributed by atoms with Gasteiger partial charge in [-0.3, -0.25) is 4.79 Å². The molecule has 0 unspecified atom stereocenters. The molecule has 0 saturated carbocycles. The third-order valence-corrected chi connectivity index (χ3v) is 5.70. The van der Waals surface area contributed by atoms with Gasteiger partial charge in [0.15, 0.2) is 12.4 Å². The first kappa shape index (κ1) is 18.2. The highest BCUT2D eigenvalue weighted by Gasteiger charge is 2.27. The van der Waals surface area contributed by atoms with Gasteiger partial charge in [0.05, 0.1) is 4.90 Å². The minimum absolute atomic E-state index is 0.243. The second-order valence-electron chi connectivity index (χ2n) is 5.87. The Labute approximate surface area is 150 Å². The van der Waals surface area contributed by atoms with Crippen molar-refractivity contribution in [2.45, 2.75) is 10.7 Å². The number of sulfone groups is 1. The Hall–Kier alpha value is -2.55. The molecule has 3 rings (SSSR count). The molecule has 138 valence electrons. The lowest BCUT2D eigenvalue weighted by Crippen LogP contribution is -2.48. The van der Waals surface area contributed by atoms with E-state index in [0.29, 0.717) is 26.2 Å². The predicted molar refractivity (Wildman–Crippen MR) is 90.7 cm³/mol. The SMILES string of the molecule is O=C(c1ccc(S(=O)(=O)C(F)F)cc1)N1CCN(c2cc[nH+]cc2)CC1. The second kappa shape index (κ2) is 7.36. The number of hydrogen-bond acceptors (Lipinski definition) is 4. The molecular weight excluding hydrogens is 364 g/mol. The number of halogens is 2. The van der Waals surface area contributed by atoms with Gasteiger partial charge in [-0.15, -0.1) is 0 Å². The molecule has 0 atom stereocenters. The summed E-state index contributed by atoms with van der Waals surface area (Å²) in [5.74, 6) is -3.72. The topological polar surface area (TPSA) is 71.8 Å². The van der Waals surface area contributed by atoms with Crippen molar-refractivity contribution in [2.75, 3.05) is 31.1 Å². The first-order chi connectivity index (χ1) is 12.4. The van der Waals surface area contributed by atoms with E-state index in [1.165, 1.54) is 12.1 Å². The molecule has 1 aromatic carbocycles. The quantitative estimate of drug-likeness (QED) is 0.803. The Kier molecular flexibility index (Phi) is 5.17. The number of aromatic amines is 1. The average molecular weight is 382 g/mol. The first-order valence-corrected chi connectivity index (χ1v) is 9.56. The Balaban J connectivity index is 1.66. The molecule has 1 aromatic heterocycles. The third-order valence-electron chi connectivity index (χ3n) is 4.30. The largest absolute Gasteiger partial charge is 0.368 e. The number of carbonyl (C=O) groups excluding carboxylic acids is 1.